The van der Waals surface area contributed by atoms with Crippen LogP contribution in [0.15, 0.2) is 54.6 Å². The number of halogens is 1. The van der Waals surface area contributed by atoms with Crippen molar-refractivity contribution in [2.75, 3.05) is 13.2 Å². The SMILES string of the molecule is O=C(COc1ccccc1)NCC(=O)NNC(=O)Cc1ccc(F)cc1. The average molecular weight is 359 g/mol. The lowest BCUT2D eigenvalue weighted by Crippen LogP contribution is -2.47. The highest BCUT2D eigenvalue weighted by molar-refractivity contribution is 5.87. The van der Waals surface area contributed by atoms with E-state index in [1.54, 1.807) is 24.3 Å². The van der Waals surface area contributed by atoms with E-state index in [1.165, 1.54) is 24.3 Å². The van der Waals surface area contributed by atoms with Crippen LogP contribution >= 0.6 is 0 Å². The van der Waals surface area contributed by atoms with E-state index in [2.05, 4.69) is 16.2 Å². The molecule has 8 heteroatoms. The van der Waals surface area contributed by atoms with E-state index >= 15 is 0 Å². The molecular formula is C18H18FN3O4. The number of carbonyl (C=O) groups excluding carboxylic acids is 3. The molecule has 0 unspecified atom stereocenters. The summed E-state index contributed by atoms with van der Waals surface area (Å²) in [5.74, 6) is -1.38. The van der Waals surface area contributed by atoms with E-state index in [1.807, 2.05) is 6.07 Å². The maximum absolute atomic E-state index is 12.8. The van der Waals surface area contributed by atoms with Crippen LogP contribution in [0.2, 0.25) is 0 Å². The van der Waals surface area contributed by atoms with Crippen LogP contribution in [0.5, 0.6) is 5.75 Å². The van der Waals surface area contributed by atoms with E-state index in [9.17, 15) is 18.8 Å². The first-order valence-corrected chi connectivity index (χ1v) is 7.79. The lowest BCUT2D eigenvalue weighted by Gasteiger charge is -2.09. The van der Waals surface area contributed by atoms with Crippen molar-refractivity contribution in [1.82, 2.24) is 16.2 Å². The number of hydrogen-bond donors (Lipinski definition) is 3. The van der Waals surface area contributed by atoms with Crippen LogP contribution < -0.4 is 20.9 Å². The average Bonchev–Trinajstić information content (AvgIpc) is 2.65. The van der Waals surface area contributed by atoms with Gasteiger partial charge in [-0.25, -0.2) is 4.39 Å². The van der Waals surface area contributed by atoms with Gasteiger partial charge in [0.2, 0.25) is 5.91 Å². The fourth-order valence-corrected chi connectivity index (χ4v) is 1.91. The number of amides is 3. The fraction of sp³-hybridized carbons (Fsp3) is 0.167. The second-order valence-electron chi connectivity index (χ2n) is 5.28. The molecule has 136 valence electrons. The van der Waals surface area contributed by atoms with Crippen molar-refractivity contribution in [2.45, 2.75) is 6.42 Å². The predicted octanol–water partition coefficient (Wildman–Crippen LogP) is 0.711. The Kier molecular flexibility index (Phi) is 7.11. The molecule has 0 aliphatic heterocycles. The smallest absolute Gasteiger partial charge is 0.258 e. The minimum Gasteiger partial charge on any atom is -0.484 e. The van der Waals surface area contributed by atoms with E-state index in [0.717, 1.165) is 0 Å². The molecule has 0 spiro atoms. The Balaban J connectivity index is 1.61. The molecule has 0 saturated heterocycles. The number of ether oxygens (including phenoxy) is 1. The Morgan fingerprint density at radius 1 is 0.846 bits per heavy atom. The van der Waals surface area contributed by atoms with Gasteiger partial charge in [0.1, 0.15) is 11.6 Å². The van der Waals surface area contributed by atoms with Gasteiger partial charge >= 0.3 is 0 Å². The summed E-state index contributed by atoms with van der Waals surface area (Å²) in [6, 6.07) is 14.2. The second kappa shape index (κ2) is 9.77. The van der Waals surface area contributed by atoms with Crippen LogP contribution in [0.1, 0.15) is 5.56 Å². The zero-order valence-corrected chi connectivity index (χ0v) is 13.8. The topological polar surface area (TPSA) is 96.5 Å². The Bertz CT molecular complexity index is 751. The van der Waals surface area contributed by atoms with Crippen molar-refractivity contribution in [3.63, 3.8) is 0 Å². The first kappa shape index (κ1) is 18.9. The highest BCUT2D eigenvalue weighted by Gasteiger charge is 2.08. The maximum Gasteiger partial charge on any atom is 0.258 e. The zero-order chi connectivity index (χ0) is 18.8. The molecule has 2 aromatic rings. The number of nitrogens with one attached hydrogen (secondary N) is 3. The third-order valence-electron chi connectivity index (χ3n) is 3.18. The minimum absolute atomic E-state index is 0.0160. The largest absolute Gasteiger partial charge is 0.484 e. The van der Waals surface area contributed by atoms with Crippen molar-refractivity contribution >= 4 is 17.7 Å². The fourth-order valence-electron chi connectivity index (χ4n) is 1.91. The van der Waals surface area contributed by atoms with Gasteiger partial charge in [-0.05, 0) is 29.8 Å². The number of hydrazine groups is 1. The molecule has 0 radical (unpaired) electrons. The summed E-state index contributed by atoms with van der Waals surface area (Å²) in [6.07, 6.45) is -0.0160. The highest BCUT2D eigenvalue weighted by atomic mass is 19.1. The first-order valence-electron chi connectivity index (χ1n) is 7.79. The number of rotatable bonds is 7. The quantitative estimate of drug-likeness (QED) is 0.635. The molecule has 0 aliphatic carbocycles. The maximum atomic E-state index is 12.8. The first-order chi connectivity index (χ1) is 12.5. The third kappa shape index (κ3) is 7.00. The standard InChI is InChI=1S/C18H18FN3O4/c19-14-8-6-13(7-9-14)10-16(23)21-22-17(24)11-20-18(25)12-26-15-4-2-1-3-5-15/h1-9H,10-12H2,(H,20,25)(H,21,23)(H,22,24). The van der Waals surface area contributed by atoms with Crippen LogP contribution in [-0.4, -0.2) is 30.9 Å². The summed E-state index contributed by atoms with van der Waals surface area (Å²) in [5, 5.41) is 2.36. The molecule has 0 aromatic heterocycles. The van der Waals surface area contributed by atoms with Crippen molar-refractivity contribution in [3.05, 3.63) is 66.0 Å². The summed E-state index contributed by atoms with van der Waals surface area (Å²) in [7, 11) is 0. The highest BCUT2D eigenvalue weighted by Crippen LogP contribution is 2.07. The number of para-hydroxylation sites is 1. The van der Waals surface area contributed by atoms with Crippen LogP contribution in [-0.2, 0) is 20.8 Å². The second-order valence-corrected chi connectivity index (χ2v) is 5.28. The van der Waals surface area contributed by atoms with E-state index in [-0.39, 0.29) is 19.6 Å². The van der Waals surface area contributed by atoms with Crippen molar-refractivity contribution in [1.29, 1.82) is 0 Å². The Hall–Kier alpha value is -3.42. The molecular weight excluding hydrogens is 341 g/mol. The number of benzene rings is 2. The molecule has 2 aromatic carbocycles. The molecule has 26 heavy (non-hydrogen) atoms. The van der Waals surface area contributed by atoms with Crippen LogP contribution in [0, 0.1) is 5.82 Å². The monoisotopic (exact) mass is 359 g/mol. The molecule has 0 fully saturated rings. The lowest BCUT2D eigenvalue weighted by molar-refractivity contribution is -0.130. The number of carbonyl (C=O) groups is 3. The zero-order valence-electron chi connectivity index (χ0n) is 13.8. The summed E-state index contributed by atoms with van der Waals surface area (Å²) in [6.45, 7) is -0.540. The summed E-state index contributed by atoms with van der Waals surface area (Å²) in [4.78, 5) is 34.9. The van der Waals surface area contributed by atoms with Crippen molar-refractivity contribution in [3.8, 4) is 5.75 Å². The molecule has 0 heterocycles. The van der Waals surface area contributed by atoms with Crippen molar-refractivity contribution in [2.24, 2.45) is 0 Å². The summed E-state index contributed by atoms with van der Waals surface area (Å²) >= 11 is 0. The molecule has 3 amide bonds. The van der Waals surface area contributed by atoms with Crippen LogP contribution in [0.4, 0.5) is 4.39 Å². The van der Waals surface area contributed by atoms with E-state index in [4.69, 9.17) is 4.74 Å². The predicted molar refractivity (Wildman–Crippen MR) is 91.3 cm³/mol. The van der Waals surface area contributed by atoms with Gasteiger partial charge in [0.25, 0.3) is 11.8 Å². The van der Waals surface area contributed by atoms with Crippen LogP contribution in [0.25, 0.3) is 0 Å². The van der Waals surface area contributed by atoms with Gasteiger partial charge in [0.05, 0.1) is 13.0 Å². The Labute approximate surface area is 149 Å². The molecule has 0 bridgehead atoms. The molecule has 0 atom stereocenters. The van der Waals surface area contributed by atoms with Crippen LogP contribution in [0.3, 0.4) is 0 Å². The van der Waals surface area contributed by atoms with Gasteiger partial charge in [-0.1, -0.05) is 30.3 Å². The number of hydrogen-bond acceptors (Lipinski definition) is 4. The third-order valence-corrected chi connectivity index (χ3v) is 3.18. The Morgan fingerprint density at radius 3 is 2.19 bits per heavy atom. The van der Waals surface area contributed by atoms with E-state index < -0.39 is 23.5 Å². The van der Waals surface area contributed by atoms with Gasteiger partial charge in [0, 0.05) is 0 Å². The van der Waals surface area contributed by atoms with Gasteiger partial charge in [-0.2, -0.15) is 0 Å². The molecule has 0 aliphatic rings. The molecule has 3 N–H and O–H groups in total. The van der Waals surface area contributed by atoms with Gasteiger partial charge in [-0.3, -0.25) is 25.2 Å². The minimum atomic E-state index is -0.592. The lowest BCUT2D eigenvalue weighted by atomic mass is 10.1. The Morgan fingerprint density at radius 2 is 1.50 bits per heavy atom. The normalized spacial score (nSPS) is 9.88. The summed E-state index contributed by atoms with van der Waals surface area (Å²) in [5.41, 5.74) is 4.99. The summed E-state index contributed by atoms with van der Waals surface area (Å²) < 4.78 is 18.0. The van der Waals surface area contributed by atoms with Gasteiger partial charge in [0.15, 0.2) is 6.61 Å². The molecule has 7 nitrogen and oxygen atoms in total. The van der Waals surface area contributed by atoms with Gasteiger partial charge < -0.3 is 10.1 Å². The molecule has 2 rings (SSSR count). The van der Waals surface area contributed by atoms with E-state index in [0.29, 0.717) is 11.3 Å². The van der Waals surface area contributed by atoms with Crippen molar-refractivity contribution < 1.29 is 23.5 Å². The molecule has 0 saturated carbocycles. The van der Waals surface area contributed by atoms with Gasteiger partial charge in [-0.15, -0.1) is 0 Å².